The number of nitrogens with one attached hydrogen (secondary N) is 1. The molecule has 0 spiro atoms. The summed E-state index contributed by atoms with van der Waals surface area (Å²) in [6.45, 7) is 3.42. The first-order valence-corrected chi connectivity index (χ1v) is 6.27. The van der Waals surface area contributed by atoms with E-state index in [0.717, 1.165) is 0 Å². The van der Waals surface area contributed by atoms with Gasteiger partial charge in [0.1, 0.15) is 5.75 Å². The Balaban J connectivity index is 4.67. The van der Waals surface area contributed by atoms with Crippen molar-refractivity contribution in [3.05, 3.63) is 0 Å². The fourth-order valence-electron chi connectivity index (χ4n) is 1.11. The lowest BCUT2D eigenvalue weighted by Crippen LogP contribution is -2.38. The summed E-state index contributed by atoms with van der Waals surface area (Å²) in [6.07, 6.45) is -0.0446. The van der Waals surface area contributed by atoms with E-state index >= 15 is 0 Å². The highest BCUT2D eigenvalue weighted by molar-refractivity contribution is 7.93. The van der Waals surface area contributed by atoms with E-state index < -0.39 is 32.7 Å². The average Bonchev–Trinajstić information content (AvgIpc) is 2.02. The SMILES string of the molecule is CCNC(=O)CS(=O)(=O)C(CC)C(=O)O. The molecule has 0 aliphatic heterocycles. The molecule has 1 atom stereocenters. The fourth-order valence-corrected chi connectivity index (χ4v) is 2.60. The van der Waals surface area contributed by atoms with Gasteiger partial charge in [-0.15, -0.1) is 0 Å². The number of carboxylic acid groups (broad SMARTS) is 1. The number of aliphatic carboxylic acids is 1. The zero-order valence-electron chi connectivity index (χ0n) is 8.69. The number of carbonyl (C=O) groups excluding carboxylic acids is 1. The van der Waals surface area contributed by atoms with E-state index in [1.54, 1.807) is 6.92 Å². The number of amides is 1. The summed E-state index contributed by atoms with van der Waals surface area (Å²) in [4.78, 5) is 21.6. The maximum Gasteiger partial charge on any atom is 0.321 e. The third-order valence-corrected chi connectivity index (χ3v) is 3.85. The molecule has 0 aromatic heterocycles. The Labute approximate surface area is 88.6 Å². The highest BCUT2D eigenvalue weighted by Gasteiger charge is 2.32. The van der Waals surface area contributed by atoms with Crippen LogP contribution in [0, 0.1) is 0 Å². The lowest BCUT2D eigenvalue weighted by molar-refractivity contribution is -0.136. The predicted molar refractivity (Wildman–Crippen MR) is 54.2 cm³/mol. The van der Waals surface area contributed by atoms with Gasteiger partial charge in [-0.05, 0) is 13.3 Å². The van der Waals surface area contributed by atoms with Crippen LogP contribution in [0.3, 0.4) is 0 Å². The molecule has 0 fully saturated rings. The summed E-state index contributed by atoms with van der Waals surface area (Å²) >= 11 is 0. The molecule has 0 saturated heterocycles. The van der Waals surface area contributed by atoms with Gasteiger partial charge in [0.05, 0.1) is 0 Å². The van der Waals surface area contributed by atoms with Crippen molar-refractivity contribution in [1.29, 1.82) is 0 Å². The molecule has 0 radical (unpaired) electrons. The minimum atomic E-state index is -3.90. The van der Waals surface area contributed by atoms with Crippen molar-refractivity contribution in [2.75, 3.05) is 12.3 Å². The summed E-state index contributed by atoms with van der Waals surface area (Å²) in [5.74, 6) is -2.86. The average molecular weight is 237 g/mol. The second-order valence-corrected chi connectivity index (χ2v) is 5.18. The first kappa shape index (κ1) is 13.9. The summed E-state index contributed by atoms with van der Waals surface area (Å²) in [7, 11) is -3.90. The molecule has 6 nitrogen and oxygen atoms in total. The molecule has 0 aromatic carbocycles. The Hall–Kier alpha value is -1.11. The van der Waals surface area contributed by atoms with Crippen molar-refractivity contribution in [3.63, 3.8) is 0 Å². The Bertz CT molecular complexity index is 335. The van der Waals surface area contributed by atoms with Crippen molar-refractivity contribution < 1.29 is 23.1 Å². The summed E-state index contributed by atoms with van der Waals surface area (Å²) in [6, 6.07) is 0. The molecule has 15 heavy (non-hydrogen) atoms. The maximum atomic E-state index is 11.4. The standard InChI is InChI=1S/C8H15NO5S/c1-3-6(8(11)12)15(13,14)5-7(10)9-4-2/h6H,3-5H2,1-2H3,(H,9,10)(H,11,12). The number of sulfone groups is 1. The molecule has 1 unspecified atom stereocenters. The lowest BCUT2D eigenvalue weighted by atomic mass is 10.3. The van der Waals surface area contributed by atoms with E-state index in [4.69, 9.17) is 5.11 Å². The van der Waals surface area contributed by atoms with E-state index in [2.05, 4.69) is 5.32 Å². The van der Waals surface area contributed by atoms with Gasteiger partial charge in [0.15, 0.2) is 15.1 Å². The van der Waals surface area contributed by atoms with Crippen LogP contribution in [0.5, 0.6) is 0 Å². The molecule has 0 aliphatic rings. The molecule has 88 valence electrons. The molecule has 2 N–H and O–H groups in total. The van der Waals surface area contributed by atoms with Gasteiger partial charge < -0.3 is 10.4 Å². The van der Waals surface area contributed by atoms with E-state index in [-0.39, 0.29) is 6.42 Å². The van der Waals surface area contributed by atoms with Gasteiger partial charge in [0.25, 0.3) is 0 Å². The Morgan fingerprint density at radius 3 is 2.20 bits per heavy atom. The number of hydrogen-bond acceptors (Lipinski definition) is 4. The third-order valence-electron chi connectivity index (χ3n) is 1.79. The van der Waals surface area contributed by atoms with Gasteiger partial charge in [-0.2, -0.15) is 0 Å². The second kappa shape index (κ2) is 5.69. The molecule has 0 bridgehead atoms. The summed E-state index contributed by atoms with van der Waals surface area (Å²) in [5, 5.41) is 9.45. The highest BCUT2D eigenvalue weighted by Crippen LogP contribution is 2.07. The van der Waals surface area contributed by atoms with Crippen LogP contribution in [-0.2, 0) is 19.4 Å². The molecule has 0 saturated carbocycles. The van der Waals surface area contributed by atoms with Crippen molar-refractivity contribution >= 4 is 21.7 Å². The van der Waals surface area contributed by atoms with Gasteiger partial charge in [-0.1, -0.05) is 6.92 Å². The van der Waals surface area contributed by atoms with E-state index in [1.807, 2.05) is 0 Å². The zero-order valence-corrected chi connectivity index (χ0v) is 9.50. The molecule has 0 heterocycles. The number of hydrogen-bond donors (Lipinski definition) is 2. The van der Waals surface area contributed by atoms with Crippen LogP contribution in [0.4, 0.5) is 0 Å². The van der Waals surface area contributed by atoms with Crippen LogP contribution in [0.15, 0.2) is 0 Å². The Kier molecular flexibility index (Phi) is 5.27. The molecule has 7 heteroatoms. The molecule has 0 aromatic rings. The minimum absolute atomic E-state index is 0.0446. The summed E-state index contributed by atoms with van der Waals surface area (Å²) in [5.41, 5.74) is 0. The fraction of sp³-hybridized carbons (Fsp3) is 0.750. The van der Waals surface area contributed by atoms with Crippen molar-refractivity contribution in [2.45, 2.75) is 25.5 Å². The van der Waals surface area contributed by atoms with Gasteiger partial charge >= 0.3 is 5.97 Å². The molecular weight excluding hydrogens is 222 g/mol. The van der Waals surface area contributed by atoms with Gasteiger partial charge in [-0.3, -0.25) is 9.59 Å². The normalized spacial score (nSPS) is 13.2. The number of carboxylic acids is 1. The number of rotatable bonds is 6. The molecule has 1 amide bonds. The first-order valence-electron chi connectivity index (χ1n) is 4.56. The van der Waals surface area contributed by atoms with Gasteiger partial charge in [-0.25, -0.2) is 8.42 Å². The van der Waals surface area contributed by atoms with Crippen molar-refractivity contribution in [2.24, 2.45) is 0 Å². The Morgan fingerprint density at radius 2 is 1.87 bits per heavy atom. The van der Waals surface area contributed by atoms with Crippen LogP contribution in [-0.4, -0.2) is 42.9 Å². The van der Waals surface area contributed by atoms with Crippen molar-refractivity contribution in [1.82, 2.24) is 5.32 Å². The van der Waals surface area contributed by atoms with Crippen LogP contribution in [0.25, 0.3) is 0 Å². The van der Waals surface area contributed by atoms with Gasteiger partial charge in [0.2, 0.25) is 5.91 Å². The Morgan fingerprint density at radius 1 is 1.33 bits per heavy atom. The van der Waals surface area contributed by atoms with Crippen LogP contribution < -0.4 is 5.32 Å². The van der Waals surface area contributed by atoms with Gasteiger partial charge in [0, 0.05) is 6.54 Å². The van der Waals surface area contributed by atoms with Crippen LogP contribution >= 0.6 is 0 Å². The highest BCUT2D eigenvalue weighted by atomic mass is 32.2. The predicted octanol–water partition coefficient (Wildman–Crippen LogP) is -0.599. The molecule has 0 rings (SSSR count). The van der Waals surface area contributed by atoms with Crippen LogP contribution in [0.2, 0.25) is 0 Å². The van der Waals surface area contributed by atoms with E-state index in [9.17, 15) is 18.0 Å². The monoisotopic (exact) mass is 237 g/mol. The first-order chi connectivity index (χ1) is 6.85. The lowest BCUT2D eigenvalue weighted by Gasteiger charge is -2.10. The smallest absolute Gasteiger partial charge is 0.321 e. The topological polar surface area (TPSA) is 101 Å². The quantitative estimate of drug-likeness (QED) is 0.642. The van der Waals surface area contributed by atoms with E-state index in [0.29, 0.717) is 6.54 Å². The third kappa shape index (κ3) is 4.28. The molecular formula is C8H15NO5S. The van der Waals surface area contributed by atoms with Crippen LogP contribution in [0.1, 0.15) is 20.3 Å². The second-order valence-electron chi connectivity index (χ2n) is 3.00. The largest absolute Gasteiger partial charge is 0.480 e. The van der Waals surface area contributed by atoms with Crippen molar-refractivity contribution in [3.8, 4) is 0 Å². The van der Waals surface area contributed by atoms with E-state index in [1.165, 1.54) is 6.92 Å². The minimum Gasteiger partial charge on any atom is -0.480 e. The maximum absolute atomic E-state index is 11.4. The number of carbonyl (C=O) groups is 2. The summed E-state index contributed by atoms with van der Waals surface area (Å²) < 4.78 is 22.9. The zero-order chi connectivity index (χ0) is 12.1. The molecule has 0 aliphatic carbocycles.